The lowest BCUT2D eigenvalue weighted by molar-refractivity contribution is 0.0529. The maximum Gasteiger partial charge on any atom is 0.191 e. The topological polar surface area (TPSA) is 61.8 Å². The summed E-state index contributed by atoms with van der Waals surface area (Å²) in [5.41, 5.74) is 5.16. The Morgan fingerprint density at radius 1 is 1.17 bits per heavy atom. The lowest BCUT2D eigenvalue weighted by Crippen LogP contribution is -2.41. The third-order valence-electron chi connectivity index (χ3n) is 5.05. The van der Waals surface area contributed by atoms with Crippen LogP contribution in [0.2, 0.25) is 0 Å². The number of ether oxygens (including phenoxy) is 1. The molecule has 6 heteroatoms. The summed E-state index contributed by atoms with van der Waals surface area (Å²) >= 11 is 0. The van der Waals surface area contributed by atoms with Crippen LogP contribution in [0.25, 0.3) is 0 Å². The number of aliphatic imine (C=N–C) groups is 1. The summed E-state index contributed by atoms with van der Waals surface area (Å²) in [6.45, 7) is 10.5. The fourth-order valence-corrected chi connectivity index (χ4v) is 3.71. The zero-order valence-corrected chi connectivity index (χ0v) is 18.0. The molecule has 0 bridgehead atoms. The molecule has 1 fully saturated rings. The smallest absolute Gasteiger partial charge is 0.191 e. The van der Waals surface area contributed by atoms with Crippen LogP contribution in [-0.4, -0.2) is 50.3 Å². The van der Waals surface area contributed by atoms with Gasteiger partial charge in [0.2, 0.25) is 0 Å². The third-order valence-corrected chi connectivity index (χ3v) is 5.05. The molecule has 1 atom stereocenters. The second-order valence-electron chi connectivity index (χ2n) is 7.75. The van der Waals surface area contributed by atoms with E-state index in [4.69, 9.17) is 4.74 Å². The molecule has 1 unspecified atom stereocenters. The number of aryl methyl sites for hydroxylation is 2. The highest BCUT2D eigenvalue weighted by molar-refractivity contribution is 5.79. The van der Waals surface area contributed by atoms with E-state index in [9.17, 15) is 0 Å². The Balaban J connectivity index is 1.49. The van der Waals surface area contributed by atoms with E-state index in [1.54, 1.807) is 7.05 Å². The first-order valence-electron chi connectivity index (χ1n) is 10.4. The fraction of sp³-hybridized carbons (Fsp3) is 0.478. The van der Waals surface area contributed by atoms with Crippen molar-refractivity contribution in [2.45, 2.75) is 39.8 Å². The molecule has 0 amide bonds. The highest BCUT2D eigenvalue weighted by atomic mass is 16.5. The molecule has 0 spiro atoms. The number of nitrogens with zero attached hydrogens (tertiary/aromatic N) is 3. The molecule has 1 aromatic carbocycles. The average molecular weight is 396 g/mol. The minimum atomic E-state index is 0.243. The Morgan fingerprint density at radius 3 is 2.69 bits per heavy atom. The molecule has 3 rings (SSSR count). The van der Waals surface area contributed by atoms with Gasteiger partial charge in [0.1, 0.15) is 5.82 Å². The predicted octanol–water partition coefficient (Wildman–Crippen LogP) is 2.83. The molecule has 0 aliphatic carbocycles. The summed E-state index contributed by atoms with van der Waals surface area (Å²) in [6, 6.07) is 10.9. The van der Waals surface area contributed by atoms with Gasteiger partial charge < -0.3 is 20.3 Å². The highest BCUT2D eigenvalue weighted by Gasteiger charge is 2.18. The average Bonchev–Trinajstić information content (AvgIpc) is 2.70. The first-order valence-corrected chi connectivity index (χ1v) is 10.4. The van der Waals surface area contributed by atoms with Gasteiger partial charge in [0, 0.05) is 39.4 Å². The number of hydrogen-bond donors (Lipinski definition) is 2. The van der Waals surface area contributed by atoms with Gasteiger partial charge in [0.15, 0.2) is 5.96 Å². The van der Waals surface area contributed by atoms with Crippen molar-refractivity contribution in [2.24, 2.45) is 4.99 Å². The van der Waals surface area contributed by atoms with E-state index in [-0.39, 0.29) is 6.10 Å². The van der Waals surface area contributed by atoms with Crippen LogP contribution < -0.4 is 15.5 Å². The Hall–Kier alpha value is -2.60. The summed E-state index contributed by atoms with van der Waals surface area (Å²) in [7, 11) is 1.80. The number of rotatable bonds is 6. The SMILES string of the molecule is CN=C(NCCc1cc(C)cc(C)c1)NCc1ccnc(N2CCOC(C)C2)c1. The molecule has 156 valence electrons. The molecule has 1 aliphatic rings. The number of pyridine rings is 1. The maximum absolute atomic E-state index is 5.63. The summed E-state index contributed by atoms with van der Waals surface area (Å²) in [4.78, 5) is 11.2. The van der Waals surface area contributed by atoms with Crippen molar-refractivity contribution in [3.05, 3.63) is 58.8 Å². The normalized spacial score (nSPS) is 17.3. The van der Waals surface area contributed by atoms with Crippen LogP contribution in [0, 0.1) is 13.8 Å². The van der Waals surface area contributed by atoms with Gasteiger partial charge >= 0.3 is 0 Å². The molecule has 1 aliphatic heterocycles. The van der Waals surface area contributed by atoms with Gasteiger partial charge in [-0.25, -0.2) is 4.98 Å². The first-order chi connectivity index (χ1) is 14.0. The summed E-state index contributed by atoms with van der Waals surface area (Å²) in [5, 5.41) is 6.81. The van der Waals surface area contributed by atoms with Crippen molar-refractivity contribution < 1.29 is 4.74 Å². The second-order valence-corrected chi connectivity index (χ2v) is 7.75. The Morgan fingerprint density at radius 2 is 1.97 bits per heavy atom. The van der Waals surface area contributed by atoms with E-state index in [1.165, 1.54) is 22.3 Å². The molecular formula is C23H33N5O. The van der Waals surface area contributed by atoms with Crippen LogP contribution in [0.3, 0.4) is 0 Å². The van der Waals surface area contributed by atoms with Crippen molar-refractivity contribution in [3.63, 3.8) is 0 Å². The molecule has 2 N–H and O–H groups in total. The van der Waals surface area contributed by atoms with Gasteiger partial charge in [0.05, 0.1) is 12.7 Å². The van der Waals surface area contributed by atoms with Crippen LogP contribution in [0.15, 0.2) is 41.5 Å². The van der Waals surface area contributed by atoms with Crippen LogP contribution in [0.5, 0.6) is 0 Å². The second kappa shape index (κ2) is 10.3. The highest BCUT2D eigenvalue weighted by Crippen LogP contribution is 2.16. The lowest BCUT2D eigenvalue weighted by Gasteiger charge is -2.32. The molecule has 6 nitrogen and oxygen atoms in total. The number of aromatic nitrogens is 1. The molecule has 0 radical (unpaired) electrons. The minimum Gasteiger partial charge on any atom is -0.375 e. The molecule has 2 aromatic rings. The Bertz CT molecular complexity index is 816. The zero-order valence-electron chi connectivity index (χ0n) is 18.0. The monoisotopic (exact) mass is 395 g/mol. The fourth-order valence-electron chi connectivity index (χ4n) is 3.71. The van der Waals surface area contributed by atoms with Crippen LogP contribution in [-0.2, 0) is 17.7 Å². The summed E-state index contributed by atoms with van der Waals surface area (Å²) in [5.74, 6) is 1.82. The van der Waals surface area contributed by atoms with Crippen molar-refractivity contribution in [2.75, 3.05) is 38.2 Å². The van der Waals surface area contributed by atoms with E-state index in [0.717, 1.165) is 44.4 Å². The van der Waals surface area contributed by atoms with Crippen molar-refractivity contribution in [1.29, 1.82) is 0 Å². The van der Waals surface area contributed by atoms with E-state index in [0.29, 0.717) is 6.54 Å². The number of hydrogen-bond acceptors (Lipinski definition) is 4. The van der Waals surface area contributed by atoms with Gasteiger partial charge in [-0.05, 0) is 50.5 Å². The van der Waals surface area contributed by atoms with E-state index >= 15 is 0 Å². The molecule has 1 saturated heterocycles. The molecule has 2 heterocycles. The maximum atomic E-state index is 5.63. The van der Waals surface area contributed by atoms with Crippen molar-refractivity contribution in [1.82, 2.24) is 15.6 Å². The van der Waals surface area contributed by atoms with Crippen molar-refractivity contribution in [3.8, 4) is 0 Å². The standard InChI is InChI=1S/C23H33N5O/c1-17-11-18(2)13-20(12-17)5-8-26-23(24-4)27-15-21-6-7-25-22(14-21)28-9-10-29-19(3)16-28/h6-7,11-14,19H,5,8-10,15-16H2,1-4H3,(H2,24,26,27). The number of nitrogens with one attached hydrogen (secondary N) is 2. The third kappa shape index (κ3) is 6.46. The van der Waals surface area contributed by atoms with Gasteiger partial charge in [0.25, 0.3) is 0 Å². The number of anilines is 1. The number of benzene rings is 1. The largest absolute Gasteiger partial charge is 0.375 e. The zero-order chi connectivity index (χ0) is 20.6. The quantitative estimate of drug-likeness (QED) is 0.582. The van der Waals surface area contributed by atoms with Gasteiger partial charge in [-0.15, -0.1) is 0 Å². The van der Waals surface area contributed by atoms with E-state index < -0.39 is 0 Å². The summed E-state index contributed by atoms with van der Waals surface area (Å²) < 4.78 is 5.63. The predicted molar refractivity (Wildman–Crippen MR) is 120 cm³/mol. The van der Waals surface area contributed by atoms with E-state index in [2.05, 4.69) is 70.5 Å². The first kappa shape index (κ1) is 21.1. The minimum absolute atomic E-state index is 0.243. The number of guanidine groups is 1. The van der Waals surface area contributed by atoms with Gasteiger partial charge in [-0.3, -0.25) is 4.99 Å². The lowest BCUT2D eigenvalue weighted by atomic mass is 10.1. The van der Waals surface area contributed by atoms with Crippen LogP contribution in [0.1, 0.15) is 29.2 Å². The Kier molecular flexibility index (Phi) is 7.47. The molecule has 0 saturated carbocycles. The van der Waals surface area contributed by atoms with Gasteiger partial charge in [-0.1, -0.05) is 29.3 Å². The van der Waals surface area contributed by atoms with Crippen LogP contribution in [0.4, 0.5) is 5.82 Å². The summed E-state index contributed by atoms with van der Waals surface area (Å²) in [6.07, 6.45) is 3.09. The molecule has 1 aromatic heterocycles. The van der Waals surface area contributed by atoms with E-state index in [1.807, 2.05) is 12.3 Å². The molecular weight excluding hydrogens is 362 g/mol. The Labute approximate surface area is 174 Å². The molecule has 29 heavy (non-hydrogen) atoms. The van der Waals surface area contributed by atoms with Crippen molar-refractivity contribution >= 4 is 11.8 Å². The van der Waals surface area contributed by atoms with Crippen LogP contribution >= 0.6 is 0 Å². The van der Waals surface area contributed by atoms with Gasteiger partial charge in [-0.2, -0.15) is 0 Å². The number of morpholine rings is 1.